The summed E-state index contributed by atoms with van der Waals surface area (Å²) in [5.74, 6) is -0.316. The van der Waals surface area contributed by atoms with Crippen LogP contribution in [0.5, 0.6) is 5.75 Å². The van der Waals surface area contributed by atoms with Crippen LogP contribution < -0.4 is 15.6 Å². The highest BCUT2D eigenvalue weighted by atomic mass is 79.9. The lowest BCUT2D eigenvalue weighted by atomic mass is 10.2. The number of hydrogen-bond acceptors (Lipinski definition) is 3. The summed E-state index contributed by atoms with van der Waals surface area (Å²) in [5, 5.41) is 0.305. The van der Waals surface area contributed by atoms with Crippen LogP contribution in [0.1, 0.15) is 26.3 Å². The van der Waals surface area contributed by atoms with Crippen molar-refractivity contribution in [3.05, 3.63) is 99.0 Å². The Balaban J connectivity index is 1.54. The van der Waals surface area contributed by atoms with E-state index in [-0.39, 0.29) is 5.56 Å². The molecule has 148 valence electrons. The van der Waals surface area contributed by atoms with E-state index >= 15 is 0 Å². The van der Waals surface area contributed by atoms with Crippen molar-refractivity contribution >= 4 is 39.3 Å². The molecule has 5 nitrogen and oxygen atoms in total. The molecule has 0 aliphatic rings. The van der Waals surface area contributed by atoms with Gasteiger partial charge in [0.1, 0.15) is 5.75 Å². The van der Waals surface area contributed by atoms with Gasteiger partial charge in [0.2, 0.25) is 0 Å². The third-order valence-corrected chi connectivity index (χ3v) is 5.04. The van der Waals surface area contributed by atoms with Crippen LogP contribution in [-0.4, -0.2) is 18.4 Å². The number of rotatable bonds is 6. The fourth-order valence-electron chi connectivity index (χ4n) is 2.58. The molecule has 7 heteroatoms. The van der Waals surface area contributed by atoms with Gasteiger partial charge in [-0.25, -0.2) is 0 Å². The van der Waals surface area contributed by atoms with Crippen LogP contribution in [0.4, 0.5) is 0 Å². The van der Waals surface area contributed by atoms with Crippen molar-refractivity contribution in [1.82, 2.24) is 10.9 Å². The highest BCUT2D eigenvalue weighted by Gasteiger charge is 2.13. The Hall–Kier alpha value is -2.83. The van der Waals surface area contributed by atoms with Crippen molar-refractivity contribution in [2.45, 2.75) is 6.42 Å². The van der Waals surface area contributed by atoms with Crippen molar-refractivity contribution in [2.24, 2.45) is 0 Å². The molecule has 3 aromatic carbocycles. The lowest BCUT2D eigenvalue weighted by Crippen LogP contribution is -2.41. The van der Waals surface area contributed by atoms with E-state index in [1.54, 1.807) is 42.5 Å². The molecule has 29 heavy (non-hydrogen) atoms. The topological polar surface area (TPSA) is 67.4 Å². The first-order chi connectivity index (χ1) is 14.0. The summed E-state index contributed by atoms with van der Waals surface area (Å²) in [4.78, 5) is 24.4. The maximum atomic E-state index is 12.3. The number of amides is 2. The number of hydrogen-bond donors (Lipinski definition) is 2. The SMILES string of the molecule is O=C(NNC(=O)c1ccccc1Cl)c1ccc(OCCc2ccccc2)c(Br)c1. The molecule has 2 N–H and O–H groups in total. The molecule has 3 aromatic rings. The maximum absolute atomic E-state index is 12.3. The Morgan fingerprint density at radius 2 is 1.59 bits per heavy atom. The maximum Gasteiger partial charge on any atom is 0.271 e. The summed E-state index contributed by atoms with van der Waals surface area (Å²) < 4.78 is 6.43. The van der Waals surface area contributed by atoms with Crippen molar-refractivity contribution in [2.75, 3.05) is 6.61 Å². The van der Waals surface area contributed by atoms with Crippen LogP contribution in [0.25, 0.3) is 0 Å². The minimum absolute atomic E-state index is 0.276. The Morgan fingerprint density at radius 1 is 0.897 bits per heavy atom. The summed E-state index contributed by atoms with van der Waals surface area (Å²) in [6.07, 6.45) is 0.781. The van der Waals surface area contributed by atoms with Gasteiger partial charge in [-0.1, -0.05) is 54.1 Å². The molecule has 0 spiro atoms. The second-order valence-corrected chi connectivity index (χ2v) is 7.38. The summed E-state index contributed by atoms with van der Waals surface area (Å²) in [5.41, 5.74) is 6.56. The number of hydrazine groups is 1. The van der Waals surface area contributed by atoms with Crippen molar-refractivity contribution in [3.8, 4) is 5.75 Å². The van der Waals surface area contributed by atoms with Crippen molar-refractivity contribution < 1.29 is 14.3 Å². The quantitative estimate of drug-likeness (QED) is 0.505. The molecule has 2 amide bonds. The zero-order valence-electron chi connectivity index (χ0n) is 15.3. The Morgan fingerprint density at radius 3 is 2.31 bits per heavy atom. The third kappa shape index (κ3) is 5.82. The van der Waals surface area contributed by atoms with E-state index in [9.17, 15) is 9.59 Å². The molecule has 0 saturated carbocycles. The average Bonchev–Trinajstić information content (AvgIpc) is 2.74. The minimum atomic E-state index is -0.496. The van der Waals surface area contributed by atoms with Gasteiger partial charge in [-0.05, 0) is 51.8 Å². The molecule has 0 radical (unpaired) electrons. The molecule has 3 rings (SSSR count). The number of nitrogens with one attached hydrogen (secondary N) is 2. The molecule has 0 saturated heterocycles. The lowest BCUT2D eigenvalue weighted by molar-refractivity contribution is 0.0846. The van der Waals surface area contributed by atoms with E-state index in [1.807, 2.05) is 30.3 Å². The van der Waals surface area contributed by atoms with Crippen LogP contribution in [0.3, 0.4) is 0 Å². The number of ether oxygens (including phenoxy) is 1. The third-order valence-electron chi connectivity index (χ3n) is 4.09. The van der Waals surface area contributed by atoms with Crippen LogP contribution in [0.15, 0.2) is 77.3 Å². The molecule has 0 aromatic heterocycles. The van der Waals surface area contributed by atoms with Crippen LogP contribution in [-0.2, 0) is 6.42 Å². The predicted molar refractivity (Wildman–Crippen MR) is 116 cm³/mol. The molecule has 0 aliphatic heterocycles. The highest BCUT2D eigenvalue weighted by molar-refractivity contribution is 9.10. The van der Waals surface area contributed by atoms with Crippen LogP contribution in [0.2, 0.25) is 5.02 Å². The van der Waals surface area contributed by atoms with E-state index in [1.165, 1.54) is 5.56 Å². The standard InChI is InChI=1S/C22H18BrClN2O3/c23-18-14-16(10-11-20(18)29-13-12-15-6-2-1-3-7-15)21(27)25-26-22(28)17-8-4-5-9-19(17)24/h1-11,14H,12-13H2,(H,25,27)(H,26,28). The van der Waals surface area contributed by atoms with Gasteiger partial charge in [0.25, 0.3) is 11.8 Å². The van der Waals surface area contributed by atoms with Crippen LogP contribution >= 0.6 is 27.5 Å². The fraction of sp³-hybridized carbons (Fsp3) is 0.0909. The largest absolute Gasteiger partial charge is 0.492 e. The number of carbonyl (C=O) groups excluding carboxylic acids is 2. The first-order valence-corrected chi connectivity index (χ1v) is 10.0. The number of benzene rings is 3. The smallest absolute Gasteiger partial charge is 0.271 e. The Labute approximate surface area is 182 Å². The first kappa shape index (κ1) is 20.9. The van der Waals surface area contributed by atoms with E-state index < -0.39 is 11.8 Å². The zero-order valence-corrected chi connectivity index (χ0v) is 17.7. The van der Waals surface area contributed by atoms with Gasteiger partial charge in [-0.3, -0.25) is 20.4 Å². The monoisotopic (exact) mass is 472 g/mol. The van der Waals surface area contributed by atoms with Gasteiger partial charge in [0, 0.05) is 12.0 Å². The second-order valence-electron chi connectivity index (χ2n) is 6.12. The summed E-state index contributed by atoms with van der Waals surface area (Å²) in [6, 6.07) is 21.6. The minimum Gasteiger partial charge on any atom is -0.492 e. The van der Waals surface area contributed by atoms with Gasteiger partial charge in [0.05, 0.1) is 21.7 Å². The van der Waals surface area contributed by atoms with Gasteiger partial charge in [-0.2, -0.15) is 0 Å². The van der Waals surface area contributed by atoms with Gasteiger partial charge in [-0.15, -0.1) is 0 Å². The molecule has 0 unspecified atom stereocenters. The Kier molecular flexibility index (Phi) is 7.27. The molecular formula is C22H18BrClN2O3. The lowest BCUT2D eigenvalue weighted by Gasteiger charge is -2.11. The van der Waals surface area contributed by atoms with Crippen molar-refractivity contribution in [1.29, 1.82) is 0 Å². The summed E-state index contributed by atoms with van der Waals surface area (Å²) >= 11 is 9.40. The Bertz CT molecular complexity index is 1010. The molecule has 0 bridgehead atoms. The molecule has 0 aliphatic carbocycles. The average molecular weight is 474 g/mol. The normalized spacial score (nSPS) is 10.3. The summed E-state index contributed by atoms with van der Waals surface area (Å²) in [7, 11) is 0. The fourth-order valence-corrected chi connectivity index (χ4v) is 3.30. The van der Waals surface area contributed by atoms with Gasteiger partial charge < -0.3 is 4.74 Å². The van der Waals surface area contributed by atoms with Gasteiger partial charge >= 0.3 is 0 Å². The second kappa shape index (κ2) is 10.1. The van der Waals surface area contributed by atoms with E-state index in [4.69, 9.17) is 16.3 Å². The zero-order chi connectivity index (χ0) is 20.6. The number of carbonyl (C=O) groups is 2. The molecule has 0 heterocycles. The van der Waals surface area contributed by atoms with Gasteiger partial charge in [0.15, 0.2) is 0 Å². The predicted octanol–water partition coefficient (Wildman–Crippen LogP) is 4.80. The van der Waals surface area contributed by atoms with E-state index in [0.717, 1.165) is 6.42 Å². The van der Waals surface area contributed by atoms with Crippen LogP contribution in [0, 0.1) is 0 Å². The summed E-state index contributed by atoms with van der Waals surface area (Å²) in [6.45, 7) is 0.516. The number of halogens is 2. The van der Waals surface area contributed by atoms with E-state index in [2.05, 4.69) is 26.8 Å². The first-order valence-electron chi connectivity index (χ1n) is 8.86. The molecular weight excluding hydrogens is 456 g/mol. The van der Waals surface area contributed by atoms with Crippen molar-refractivity contribution in [3.63, 3.8) is 0 Å². The highest BCUT2D eigenvalue weighted by Crippen LogP contribution is 2.26. The van der Waals surface area contributed by atoms with E-state index in [0.29, 0.717) is 27.4 Å². The molecule has 0 atom stereocenters. The molecule has 0 fully saturated rings.